The molecule has 1 fully saturated rings. The number of carbonyl (C=O) groups excluding carboxylic acids is 1. The third kappa shape index (κ3) is 3.99. The van der Waals surface area contributed by atoms with Crippen molar-refractivity contribution < 1.29 is 4.79 Å². The van der Waals surface area contributed by atoms with Gasteiger partial charge < -0.3 is 10.2 Å². The first-order chi connectivity index (χ1) is 9.60. The minimum Gasteiger partial charge on any atom is -0.350 e. The highest BCUT2D eigenvalue weighted by molar-refractivity contribution is 7.08. The van der Waals surface area contributed by atoms with E-state index in [0.717, 1.165) is 43.6 Å². The molecule has 2 unspecified atom stereocenters. The summed E-state index contributed by atoms with van der Waals surface area (Å²) >= 11 is 1.18. The summed E-state index contributed by atoms with van der Waals surface area (Å²) in [7, 11) is 0. The number of nitrogens with one attached hydrogen (secondary N) is 1. The molecule has 112 valence electrons. The van der Waals surface area contributed by atoms with Crippen LogP contribution in [0.25, 0.3) is 0 Å². The molecular weight excluding hydrogens is 272 g/mol. The van der Waals surface area contributed by atoms with Gasteiger partial charge in [0.05, 0.1) is 5.69 Å². The van der Waals surface area contributed by atoms with E-state index in [4.69, 9.17) is 0 Å². The standard InChI is InChI=1S/C14H24N4OS/c1-4-12-13(20-17-16-12)14(19)15-5-6-18-8-10(2)7-11(3)9-18/h10-11H,4-9H2,1-3H3,(H,15,19). The molecular formula is C14H24N4OS. The lowest BCUT2D eigenvalue weighted by molar-refractivity contribution is 0.0939. The van der Waals surface area contributed by atoms with Gasteiger partial charge >= 0.3 is 0 Å². The Morgan fingerprint density at radius 1 is 1.40 bits per heavy atom. The highest BCUT2D eigenvalue weighted by Crippen LogP contribution is 2.20. The molecule has 1 saturated heterocycles. The van der Waals surface area contributed by atoms with Crippen LogP contribution in [0.4, 0.5) is 0 Å². The number of likely N-dealkylation sites (tertiary alicyclic amines) is 1. The Morgan fingerprint density at radius 2 is 2.10 bits per heavy atom. The average Bonchev–Trinajstić information content (AvgIpc) is 2.85. The third-order valence-electron chi connectivity index (χ3n) is 3.75. The van der Waals surface area contributed by atoms with E-state index in [1.54, 1.807) is 0 Å². The number of aromatic nitrogens is 2. The van der Waals surface area contributed by atoms with Crippen molar-refractivity contribution in [3.8, 4) is 0 Å². The van der Waals surface area contributed by atoms with E-state index in [2.05, 4.69) is 33.7 Å². The van der Waals surface area contributed by atoms with E-state index in [9.17, 15) is 4.79 Å². The molecule has 2 heterocycles. The molecule has 0 spiro atoms. The zero-order chi connectivity index (χ0) is 14.5. The van der Waals surface area contributed by atoms with Crippen LogP contribution in [0.2, 0.25) is 0 Å². The predicted octanol–water partition coefficient (Wildman–Crippen LogP) is 1.81. The van der Waals surface area contributed by atoms with E-state index in [1.807, 2.05) is 6.92 Å². The fraction of sp³-hybridized carbons (Fsp3) is 0.786. The monoisotopic (exact) mass is 296 g/mol. The van der Waals surface area contributed by atoms with Crippen molar-refractivity contribution in [3.63, 3.8) is 0 Å². The van der Waals surface area contributed by atoms with Gasteiger partial charge in [-0.3, -0.25) is 4.79 Å². The second kappa shape index (κ2) is 7.13. The maximum atomic E-state index is 12.1. The van der Waals surface area contributed by atoms with Crippen LogP contribution in [-0.2, 0) is 6.42 Å². The molecule has 0 radical (unpaired) electrons. The molecule has 5 nitrogen and oxygen atoms in total. The summed E-state index contributed by atoms with van der Waals surface area (Å²) in [6.07, 6.45) is 2.07. The molecule has 6 heteroatoms. The number of rotatable bonds is 5. The van der Waals surface area contributed by atoms with Crippen molar-refractivity contribution in [2.75, 3.05) is 26.2 Å². The fourth-order valence-electron chi connectivity index (χ4n) is 2.99. The Balaban J connectivity index is 1.77. The summed E-state index contributed by atoms with van der Waals surface area (Å²) in [4.78, 5) is 15.2. The van der Waals surface area contributed by atoms with Crippen LogP contribution in [0.3, 0.4) is 0 Å². The number of carbonyl (C=O) groups is 1. The Kier molecular flexibility index (Phi) is 5.48. The maximum absolute atomic E-state index is 12.1. The molecule has 1 aliphatic heterocycles. The van der Waals surface area contributed by atoms with E-state index in [-0.39, 0.29) is 5.91 Å². The van der Waals surface area contributed by atoms with Gasteiger partial charge in [-0.05, 0) is 36.2 Å². The van der Waals surface area contributed by atoms with E-state index in [0.29, 0.717) is 11.4 Å². The largest absolute Gasteiger partial charge is 0.350 e. The number of amides is 1. The lowest BCUT2D eigenvalue weighted by Crippen LogP contribution is -2.42. The van der Waals surface area contributed by atoms with Gasteiger partial charge in [-0.2, -0.15) is 0 Å². The zero-order valence-electron chi connectivity index (χ0n) is 12.6. The van der Waals surface area contributed by atoms with Gasteiger partial charge in [-0.15, -0.1) is 5.10 Å². The lowest BCUT2D eigenvalue weighted by Gasteiger charge is -2.34. The summed E-state index contributed by atoms with van der Waals surface area (Å²) in [6.45, 7) is 10.5. The number of hydrogen-bond acceptors (Lipinski definition) is 5. The van der Waals surface area contributed by atoms with Crippen LogP contribution >= 0.6 is 11.5 Å². The summed E-state index contributed by atoms with van der Waals surface area (Å²) in [5, 5.41) is 6.96. The van der Waals surface area contributed by atoms with Crippen molar-refractivity contribution in [1.29, 1.82) is 0 Å². The molecule has 1 N–H and O–H groups in total. The molecule has 1 aromatic rings. The molecule has 2 atom stereocenters. The maximum Gasteiger partial charge on any atom is 0.264 e. The van der Waals surface area contributed by atoms with Gasteiger partial charge in [-0.25, -0.2) is 0 Å². The molecule has 20 heavy (non-hydrogen) atoms. The average molecular weight is 296 g/mol. The summed E-state index contributed by atoms with van der Waals surface area (Å²) in [5.41, 5.74) is 0.799. The summed E-state index contributed by atoms with van der Waals surface area (Å²) in [5.74, 6) is 1.48. The summed E-state index contributed by atoms with van der Waals surface area (Å²) < 4.78 is 3.85. The number of hydrogen-bond donors (Lipinski definition) is 1. The Labute approximate surface area is 124 Å². The van der Waals surface area contributed by atoms with Crippen LogP contribution in [0.15, 0.2) is 0 Å². The van der Waals surface area contributed by atoms with Crippen molar-refractivity contribution in [3.05, 3.63) is 10.6 Å². The van der Waals surface area contributed by atoms with Crippen LogP contribution in [0.5, 0.6) is 0 Å². The second-order valence-corrected chi connectivity index (χ2v) is 6.62. The molecule has 0 saturated carbocycles. The van der Waals surface area contributed by atoms with Gasteiger partial charge in [0.15, 0.2) is 0 Å². The van der Waals surface area contributed by atoms with Crippen molar-refractivity contribution in [2.45, 2.75) is 33.6 Å². The number of nitrogens with zero attached hydrogens (tertiary/aromatic N) is 3. The van der Waals surface area contributed by atoms with Crippen LogP contribution < -0.4 is 5.32 Å². The molecule has 2 rings (SSSR count). The van der Waals surface area contributed by atoms with Gasteiger partial charge in [0.1, 0.15) is 4.88 Å². The fourth-order valence-corrected chi connectivity index (χ4v) is 3.66. The SMILES string of the molecule is CCc1nnsc1C(=O)NCCN1CC(C)CC(C)C1. The van der Waals surface area contributed by atoms with E-state index >= 15 is 0 Å². The van der Waals surface area contributed by atoms with E-state index in [1.165, 1.54) is 18.0 Å². The first-order valence-electron chi connectivity index (χ1n) is 7.42. The molecule has 0 bridgehead atoms. The van der Waals surface area contributed by atoms with Crippen LogP contribution in [0, 0.1) is 11.8 Å². The molecule has 1 aliphatic rings. The highest BCUT2D eigenvalue weighted by Gasteiger charge is 2.21. The predicted molar refractivity (Wildman–Crippen MR) is 81.0 cm³/mol. The molecule has 0 aromatic carbocycles. The smallest absolute Gasteiger partial charge is 0.264 e. The Morgan fingerprint density at radius 3 is 2.75 bits per heavy atom. The lowest BCUT2D eigenvalue weighted by atomic mass is 9.92. The minimum absolute atomic E-state index is 0.0324. The zero-order valence-corrected chi connectivity index (χ0v) is 13.4. The highest BCUT2D eigenvalue weighted by atomic mass is 32.1. The van der Waals surface area contributed by atoms with Crippen molar-refractivity contribution in [2.24, 2.45) is 11.8 Å². The van der Waals surface area contributed by atoms with Gasteiger partial charge in [0.2, 0.25) is 0 Å². The quantitative estimate of drug-likeness (QED) is 0.900. The van der Waals surface area contributed by atoms with Gasteiger partial charge in [0.25, 0.3) is 5.91 Å². The second-order valence-electron chi connectivity index (χ2n) is 5.86. The first kappa shape index (κ1) is 15.4. The minimum atomic E-state index is -0.0324. The molecule has 1 amide bonds. The van der Waals surface area contributed by atoms with Crippen molar-refractivity contribution in [1.82, 2.24) is 19.8 Å². The van der Waals surface area contributed by atoms with Crippen LogP contribution in [-0.4, -0.2) is 46.6 Å². The molecule has 0 aliphatic carbocycles. The Hall–Kier alpha value is -1.01. The normalized spacial score (nSPS) is 23.8. The number of piperidine rings is 1. The first-order valence-corrected chi connectivity index (χ1v) is 8.19. The van der Waals surface area contributed by atoms with E-state index < -0.39 is 0 Å². The molecule has 1 aromatic heterocycles. The van der Waals surface area contributed by atoms with Crippen LogP contribution in [0.1, 0.15) is 42.6 Å². The Bertz CT molecular complexity index is 438. The third-order valence-corrected chi connectivity index (χ3v) is 4.52. The van der Waals surface area contributed by atoms with Crippen molar-refractivity contribution >= 4 is 17.4 Å². The number of aryl methyl sites for hydroxylation is 1. The van der Waals surface area contributed by atoms with Gasteiger partial charge in [0, 0.05) is 26.2 Å². The summed E-state index contributed by atoms with van der Waals surface area (Å²) in [6, 6.07) is 0. The topological polar surface area (TPSA) is 58.1 Å². The van der Waals surface area contributed by atoms with Gasteiger partial charge in [-0.1, -0.05) is 25.3 Å².